The highest BCUT2D eigenvalue weighted by atomic mass is 16.7. The molecule has 64 valence electrons. The summed E-state index contributed by atoms with van der Waals surface area (Å²) in [6, 6.07) is 0. The van der Waals surface area contributed by atoms with E-state index in [2.05, 4.69) is 18.9 Å². The van der Waals surface area contributed by atoms with Crippen molar-refractivity contribution in [1.82, 2.24) is 4.90 Å². The average Bonchev–Trinajstić information content (AvgIpc) is 2.31. The molecule has 0 spiro atoms. The number of hydrogen-bond acceptors (Lipinski definition) is 3. The molecule has 2 heterocycles. The van der Waals surface area contributed by atoms with E-state index in [0.717, 1.165) is 19.5 Å². The van der Waals surface area contributed by atoms with Gasteiger partial charge in [0.2, 0.25) is 0 Å². The lowest BCUT2D eigenvalue weighted by Crippen LogP contribution is -2.50. The van der Waals surface area contributed by atoms with Gasteiger partial charge in [-0.1, -0.05) is 0 Å². The third-order valence-corrected chi connectivity index (χ3v) is 2.81. The lowest BCUT2D eigenvalue weighted by Gasteiger charge is -2.37. The second-order valence-electron chi connectivity index (χ2n) is 3.74. The summed E-state index contributed by atoms with van der Waals surface area (Å²) in [6.07, 6.45) is 1.38. The summed E-state index contributed by atoms with van der Waals surface area (Å²) in [6.45, 7) is 4.76. The van der Waals surface area contributed by atoms with Crippen LogP contribution in [0.3, 0.4) is 0 Å². The van der Waals surface area contributed by atoms with Gasteiger partial charge < -0.3 is 14.4 Å². The van der Waals surface area contributed by atoms with Crippen LogP contribution in [0.2, 0.25) is 0 Å². The minimum Gasteiger partial charge on any atom is -0.348 e. The van der Waals surface area contributed by atoms with Crippen LogP contribution in [0.5, 0.6) is 0 Å². The molecule has 11 heavy (non-hydrogen) atoms. The van der Waals surface area contributed by atoms with Gasteiger partial charge in [0.25, 0.3) is 0 Å². The predicted molar refractivity (Wildman–Crippen MR) is 41.3 cm³/mol. The summed E-state index contributed by atoms with van der Waals surface area (Å²) in [4.78, 5) is 2.29. The summed E-state index contributed by atoms with van der Waals surface area (Å²) < 4.78 is 11.0. The zero-order chi connectivity index (χ0) is 7.90. The number of piperidine rings is 1. The first-order valence-electron chi connectivity index (χ1n) is 4.15. The van der Waals surface area contributed by atoms with Gasteiger partial charge in [0.15, 0.2) is 0 Å². The van der Waals surface area contributed by atoms with Crippen LogP contribution in [0.25, 0.3) is 0 Å². The predicted octanol–water partition coefficient (Wildman–Crippen LogP) is 0.454. The van der Waals surface area contributed by atoms with Crippen LogP contribution in [0, 0.1) is 0 Å². The Kier molecular flexibility index (Phi) is 1.67. The van der Waals surface area contributed by atoms with Gasteiger partial charge in [0.05, 0.1) is 5.60 Å². The Morgan fingerprint density at radius 1 is 1.55 bits per heavy atom. The van der Waals surface area contributed by atoms with Crippen LogP contribution in [-0.4, -0.2) is 43.5 Å². The van der Waals surface area contributed by atoms with Gasteiger partial charge in [0.1, 0.15) is 12.9 Å². The smallest absolute Gasteiger partial charge is 0.148 e. The van der Waals surface area contributed by atoms with Crippen LogP contribution in [0.4, 0.5) is 0 Å². The van der Waals surface area contributed by atoms with Crippen LogP contribution in [0.1, 0.15) is 13.3 Å². The number of likely N-dealkylation sites (tertiary alicyclic amines) is 1. The lowest BCUT2D eigenvalue weighted by molar-refractivity contribution is -0.0241. The molecule has 0 radical (unpaired) electrons. The molecule has 2 rings (SSSR count). The summed E-state index contributed by atoms with van der Waals surface area (Å²) in [7, 11) is 2.13. The Labute approximate surface area is 67.3 Å². The van der Waals surface area contributed by atoms with Crippen LogP contribution < -0.4 is 0 Å². The Morgan fingerprint density at radius 2 is 2.36 bits per heavy atom. The fourth-order valence-electron chi connectivity index (χ4n) is 1.79. The van der Waals surface area contributed by atoms with Crippen LogP contribution >= 0.6 is 0 Å². The van der Waals surface area contributed by atoms with Gasteiger partial charge >= 0.3 is 0 Å². The minimum absolute atomic E-state index is 0.00646. The van der Waals surface area contributed by atoms with Gasteiger partial charge in [-0.05, 0) is 20.4 Å². The van der Waals surface area contributed by atoms with E-state index in [4.69, 9.17) is 9.47 Å². The van der Waals surface area contributed by atoms with Gasteiger partial charge in [0, 0.05) is 13.1 Å². The summed E-state index contributed by atoms with van der Waals surface area (Å²) >= 11 is 0. The standard InChI is InChI=1S/C8H15NO2/c1-8-3-4-9(2)5-7(8)10-6-11-8/h7H,3-6H2,1-2H3/t7-,8+/m1/s1. The molecule has 0 aromatic rings. The van der Waals surface area contributed by atoms with Gasteiger partial charge in [-0.2, -0.15) is 0 Å². The molecule has 0 unspecified atom stereocenters. The topological polar surface area (TPSA) is 21.7 Å². The van der Waals surface area contributed by atoms with Crippen molar-refractivity contribution in [3.8, 4) is 0 Å². The third-order valence-electron chi connectivity index (χ3n) is 2.81. The number of likely N-dealkylation sites (N-methyl/N-ethyl adjacent to an activating group) is 1. The molecule has 3 heteroatoms. The Hall–Kier alpha value is -0.120. The second-order valence-corrected chi connectivity index (χ2v) is 3.74. The van der Waals surface area contributed by atoms with E-state index in [1.54, 1.807) is 0 Å². The zero-order valence-electron chi connectivity index (χ0n) is 7.17. The molecule has 2 saturated heterocycles. The van der Waals surface area contributed by atoms with Crippen molar-refractivity contribution in [3.05, 3.63) is 0 Å². The number of ether oxygens (including phenoxy) is 2. The number of nitrogens with zero attached hydrogens (tertiary/aromatic N) is 1. The number of fused-ring (bicyclic) bond motifs is 1. The minimum atomic E-state index is 0.00646. The first-order chi connectivity index (χ1) is 5.21. The molecule has 0 aromatic heterocycles. The first kappa shape index (κ1) is 7.53. The highest BCUT2D eigenvalue weighted by molar-refractivity contribution is 4.93. The van der Waals surface area contributed by atoms with Crippen molar-refractivity contribution in [2.24, 2.45) is 0 Å². The SMILES string of the molecule is CN1CC[C@]2(C)OCO[C@@H]2C1. The Balaban J connectivity index is 2.08. The average molecular weight is 157 g/mol. The van der Waals surface area contributed by atoms with Crippen molar-refractivity contribution in [2.75, 3.05) is 26.9 Å². The molecule has 2 fully saturated rings. The number of rotatable bonds is 0. The number of hydrogen-bond donors (Lipinski definition) is 0. The van der Waals surface area contributed by atoms with Crippen molar-refractivity contribution in [1.29, 1.82) is 0 Å². The van der Waals surface area contributed by atoms with E-state index in [0.29, 0.717) is 12.9 Å². The van der Waals surface area contributed by atoms with Crippen LogP contribution in [-0.2, 0) is 9.47 Å². The molecule has 0 N–H and O–H groups in total. The molecule has 3 nitrogen and oxygen atoms in total. The van der Waals surface area contributed by atoms with Crippen LogP contribution in [0.15, 0.2) is 0 Å². The molecule has 0 amide bonds. The van der Waals surface area contributed by atoms with Crippen molar-refractivity contribution in [3.63, 3.8) is 0 Å². The highest BCUT2D eigenvalue weighted by Gasteiger charge is 2.44. The largest absolute Gasteiger partial charge is 0.348 e. The van der Waals surface area contributed by atoms with Crippen molar-refractivity contribution < 1.29 is 9.47 Å². The van der Waals surface area contributed by atoms with Gasteiger partial charge in [-0.25, -0.2) is 0 Å². The molecule has 0 saturated carbocycles. The normalized spacial score (nSPS) is 45.8. The first-order valence-corrected chi connectivity index (χ1v) is 4.15. The van der Waals surface area contributed by atoms with Crippen molar-refractivity contribution in [2.45, 2.75) is 25.0 Å². The maximum absolute atomic E-state index is 5.54. The molecular formula is C8H15NO2. The fraction of sp³-hybridized carbons (Fsp3) is 1.00. The van der Waals surface area contributed by atoms with Gasteiger partial charge in [-0.3, -0.25) is 0 Å². The van der Waals surface area contributed by atoms with E-state index >= 15 is 0 Å². The molecule has 0 aliphatic carbocycles. The molecule has 2 atom stereocenters. The molecule has 2 aliphatic heterocycles. The summed E-state index contributed by atoms with van der Waals surface area (Å²) in [5.74, 6) is 0. The van der Waals surface area contributed by atoms with Gasteiger partial charge in [-0.15, -0.1) is 0 Å². The third kappa shape index (κ3) is 1.17. The zero-order valence-corrected chi connectivity index (χ0v) is 7.17. The second kappa shape index (κ2) is 2.44. The van der Waals surface area contributed by atoms with E-state index in [9.17, 15) is 0 Å². The maximum Gasteiger partial charge on any atom is 0.148 e. The van der Waals surface area contributed by atoms with Crippen molar-refractivity contribution >= 4 is 0 Å². The highest BCUT2D eigenvalue weighted by Crippen LogP contribution is 2.32. The van der Waals surface area contributed by atoms with E-state index < -0.39 is 0 Å². The van der Waals surface area contributed by atoms with E-state index in [1.807, 2.05) is 0 Å². The van der Waals surface area contributed by atoms with E-state index in [1.165, 1.54) is 0 Å². The quantitative estimate of drug-likeness (QED) is 0.509. The molecular weight excluding hydrogens is 142 g/mol. The molecule has 0 aromatic carbocycles. The summed E-state index contributed by atoms with van der Waals surface area (Å²) in [5, 5.41) is 0. The fourth-order valence-corrected chi connectivity index (χ4v) is 1.79. The monoisotopic (exact) mass is 157 g/mol. The molecule has 2 aliphatic rings. The van der Waals surface area contributed by atoms with E-state index in [-0.39, 0.29) is 5.60 Å². The Morgan fingerprint density at radius 3 is 3.18 bits per heavy atom. The lowest BCUT2D eigenvalue weighted by atomic mass is 9.91. The molecule has 0 bridgehead atoms. The summed E-state index contributed by atoms with van der Waals surface area (Å²) in [5.41, 5.74) is 0.00646. The maximum atomic E-state index is 5.54. The Bertz CT molecular complexity index is 162.